The molecule has 0 aromatic rings. The Hall–Kier alpha value is -0.910. The van der Waals surface area contributed by atoms with Gasteiger partial charge in [0.2, 0.25) is 0 Å². The number of nitrogens with one attached hydrogen (secondary N) is 2. The first kappa shape index (κ1) is 15.5. The zero-order valence-electron chi connectivity index (χ0n) is 12.1. The standard InChI is InChI=1S/C14H25F2N3O/c1-10-3-2-4-12(10)18-14(20)17-11-5-7-19(8-6-11)9-13(15)16/h10-13H,2-9H2,1H3,(H2,17,18,20)/t10-,12+/m1/s1. The van der Waals surface area contributed by atoms with E-state index in [1.807, 2.05) is 0 Å². The zero-order chi connectivity index (χ0) is 14.5. The van der Waals surface area contributed by atoms with Crippen LogP contribution in [0, 0.1) is 5.92 Å². The molecule has 0 unspecified atom stereocenters. The molecule has 20 heavy (non-hydrogen) atoms. The lowest BCUT2D eigenvalue weighted by Gasteiger charge is -2.32. The average molecular weight is 289 g/mol. The Labute approximate surface area is 119 Å². The molecule has 4 nitrogen and oxygen atoms in total. The highest BCUT2D eigenvalue weighted by Crippen LogP contribution is 2.24. The van der Waals surface area contributed by atoms with Crippen molar-refractivity contribution in [1.29, 1.82) is 0 Å². The predicted molar refractivity (Wildman–Crippen MR) is 73.9 cm³/mol. The van der Waals surface area contributed by atoms with Crippen molar-refractivity contribution in [3.8, 4) is 0 Å². The van der Waals surface area contributed by atoms with E-state index in [4.69, 9.17) is 0 Å². The van der Waals surface area contributed by atoms with E-state index in [2.05, 4.69) is 17.6 Å². The van der Waals surface area contributed by atoms with Crippen molar-refractivity contribution in [3.05, 3.63) is 0 Å². The van der Waals surface area contributed by atoms with Gasteiger partial charge in [0.05, 0.1) is 6.54 Å². The van der Waals surface area contributed by atoms with Crippen molar-refractivity contribution in [2.24, 2.45) is 5.92 Å². The van der Waals surface area contributed by atoms with Gasteiger partial charge in [0, 0.05) is 25.2 Å². The second kappa shape index (κ2) is 7.20. The van der Waals surface area contributed by atoms with Crippen molar-refractivity contribution in [2.75, 3.05) is 19.6 Å². The summed E-state index contributed by atoms with van der Waals surface area (Å²) in [5.41, 5.74) is 0. The molecule has 2 amide bonds. The molecule has 1 saturated carbocycles. The minimum Gasteiger partial charge on any atom is -0.335 e. The molecular formula is C14H25F2N3O. The van der Waals surface area contributed by atoms with Crippen molar-refractivity contribution < 1.29 is 13.6 Å². The number of amides is 2. The van der Waals surface area contributed by atoms with Gasteiger partial charge in [-0.2, -0.15) is 0 Å². The Balaban J connectivity index is 1.66. The average Bonchev–Trinajstić information content (AvgIpc) is 2.77. The maximum atomic E-state index is 12.3. The third-order valence-corrected chi connectivity index (χ3v) is 4.50. The third-order valence-electron chi connectivity index (χ3n) is 4.50. The van der Waals surface area contributed by atoms with Crippen LogP contribution in [0.15, 0.2) is 0 Å². The van der Waals surface area contributed by atoms with Crippen LogP contribution in [0.4, 0.5) is 13.6 Å². The summed E-state index contributed by atoms with van der Waals surface area (Å²) in [5.74, 6) is 0.550. The molecule has 1 heterocycles. The van der Waals surface area contributed by atoms with Gasteiger partial charge < -0.3 is 10.6 Å². The van der Waals surface area contributed by atoms with Crippen LogP contribution in [-0.4, -0.2) is 49.1 Å². The number of urea groups is 1. The fourth-order valence-electron chi connectivity index (χ4n) is 3.21. The fourth-order valence-corrected chi connectivity index (χ4v) is 3.21. The van der Waals surface area contributed by atoms with E-state index < -0.39 is 6.43 Å². The third kappa shape index (κ3) is 4.58. The SMILES string of the molecule is C[C@@H]1CCC[C@@H]1NC(=O)NC1CCN(CC(F)F)CC1. The fraction of sp³-hybridized carbons (Fsp3) is 0.929. The molecule has 0 radical (unpaired) electrons. The first-order valence-corrected chi connectivity index (χ1v) is 7.62. The second-order valence-electron chi connectivity index (χ2n) is 6.10. The number of likely N-dealkylation sites (tertiary alicyclic amines) is 1. The molecule has 1 saturated heterocycles. The van der Waals surface area contributed by atoms with E-state index in [0.717, 1.165) is 19.3 Å². The van der Waals surface area contributed by atoms with Crippen LogP contribution in [0.5, 0.6) is 0 Å². The maximum Gasteiger partial charge on any atom is 0.315 e. The van der Waals surface area contributed by atoms with Crippen LogP contribution in [0.25, 0.3) is 0 Å². The van der Waals surface area contributed by atoms with Gasteiger partial charge in [-0.25, -0.2) is 13.6 Å². The van der Waals surface area contributed by atoms with Gasteiger partial charge in [-0.1, -0.05) is 13.3 Å². The first-order valence-electron chi connectivity index (χ1n) is 7.62. The molecule has 2 atom stereocenters. The molecule has 2 fully saturated rings. The normalized spacial score (nSPS) is 28.8. The predicted octanol–water partition coefficient (Wildman–Crippen LogP) is 2.20. The number of carbonyl (C=O) groups is 1. The lowest BCUT2D eigenvalue weighted by molar-refractivity contribution is 0.0736. The Kier molecular flexibility index (Phi) is 5.57. The van der Waals surface area contributed by atoms with Crippen molar-refractivity contribution in [2.45, 2.75) is 57.5 Å². The Morgan fingerprint density at radius 1 is 1.20 bits per heavy atom. The molecule has 0 aromatic heterocycles. The molecule has 116 valence electrons. The lowest BCUT2D eigenvalue weighted by atomic mass is 10.0. The smallest absolute Gasteiger partial charge is 0.315 e. The Bertz CT molecular complexity index is 320. The highest BCUT2D eigenvalue weighted by molar-refractivity contribution is 5.74. The quantitative estimate of drug-likeness (QED) is 0.833. The summed E-state index contributed by atoms with van der Waals surface area (Å²) in [7, 11) is 0. The van der Waals surface area contributed by atoms with E-state index in [1.54, 1.807) is 4.90 Å². The number of piperidine rings is 1. The molecular weight excluding hydrogens is 264 g/mol. The van der Waals surface area contributed by atoms with E-state index in [1.165, 1.54) is 12.8 Å². The van der Waals surface area contributed by atoms with Crippen molar-refractivity contribution in [3.63, 3.8) is 0 Å². The summed E-state index contributed by atoms with van der Waals surface area (Å²) in [6.07, 6.45) is 2.64. The number of alkyl halides is 2. The topological polar surface area (TPSA) is 44.4 Å². The minimum atomic E-state index is -2.27. The summed E-state index contributed by atoms with van der Waals surface area (Å²) < 4.78 is 24.5. The van der Waals surface area contributed by atoms with Gasteiger partial charge in [-0.3, -0.25) is 4.90 Å². The van der Waals surface area contributed by atoms with Crippen LogP contribution >= 0.6 is 0 Å². The van der Waals surface area contributed by atoms with Gasteiger partial charge in [0.1, 0.15) is 0 Å². The van der Waals surface area contributed by atoms with Crippen LogP contribution in [0.1, 0.15) is 39.0 Å². The molecule has 0 aromatic carbocycles. The summed E-state index contributed by atoms with van der Waals surface area (Å²) >= 11 is 0. The largest absolute Gasteiger partial charge is 0.335 e. The van der Waals surface area contributed by atoms with Gasteiger partial charge in [0.15, 0.2) is 0 Å². The number of nitrogens with zero attached hydrogens (tertiary/aromatic N) is 1. The molecule has 6 heteroatoms. The molecule has 0 spiro atoms. The number of halogens is 2. The zero-order valence-corrected chi connectivity index (χ0v) is 12.1. The highest BCUT2D eigenvalue weighted by atomic mass is 19.3. The summed E-state index contributed by atoms with van der Waals surface area (Å²) in [6.45, 7) is 3.28. The van der Waals surface area contributed by atoms with E-state index in [0.29, 0.717) is 19.0 Å². The summed E-state index contributed by atoms with van der Waals surface area (Å²) in [6, 6.07) is 0.297. The number of carbonyl (C=O) groups excluding carboxylic acids is 1. The minimum absolute atomic E-state index is 0.101. The molecule has 2 aliphatic rings. The summed E-state index contributed by atoms with van der Waals surface area (Å²) in [4.78, 5) is 13.7. The van der Waals surface area contributed by atoms with Gasteiger partial charge in [-0.15, -0.1) is 0 Å². The maximum absolute atomic E-state index is 12.3. The number of hydrogen-bond acceptors (Lipinski definition) is 2. The highest BCUT2D eigenvalue weighted by Gasteiger charge is 2.26. The monoisotopic (exact) mass is 289 g/mol. The second-order valence-corrected chi connectivity index (χ2v) is 6.10. The van der Waals surface area contributed by atoms with E-state index in [-0.39, 0.29) is 24.7 Å². The number of rotatable bonds is 4. The molecule has 1 aliphatic carbocycles. The molecule has 1 aliphatic heterocycles. The van der Waals surface area contributed by atoms with Crippen molar-refractivity contribution >= 4 is 6.03 Å². The van der Waals surface area contributed by atoms with Crippen LogP contribution in [0.3, 0.4) is 0 Å². The molecule has 2 N–H and O–H groups in total. The van der Waals surface area contributed by atoms with Crippen molar-refractivity contribution in [1.82, 2.24) is 15.5 Å². The molecule has 2 rings (SSSR count). The Morgan fingerprint density at radius 2 is 1.90 bits per heavy atom. The first-order chi connectivity index (χ1) is 9.54. The van der Waals surface area contributed by atoms with Crippen LogP contribution in [0.2, 0.25) is 0 Å². The van der Waals surface area contributed by atoms with Crippen LogP contribution < -0.4 is 10.6 Å². The summed E-state index contributed by atoms with van der Waals surface area (Å²) in [5, 5.41) is 6.01. The Morgan fingerprint density at radius 3 is 2.45 bits per heavy atom. The van der Waals surface area contributed by atoms with Gasteiger partial charge in [0.25, 0.3) is 6.43 Å². The van der Waals surface area contributed by atoms with Crippen LogP contribution in [-0.2, 0) is 0 Å². The lowest BCUT2D eigenvalue weighted by Crippen LogP contribution is -2.50. The van der Waals surface area contributed by atoms with E-state index in [9.17, 15) is 13.6 Å². The number of hydrogen-bond donors (Lipinski definition) is 2. The molecule has 0 bridgehead atoms. The van der Waals surface area contributed by atoms with E-state index >= 15 is 0 Å². The van der Waals surface area contributed by atoms with Gasteiger partial charge in [-0.05, 0) is 31.6 Å². The van der Waals surface area contributed by atoms with Gasteiger partial charge >= 0.3 is 6.03 Å².